The number of hydrogen-bond acceptors (Lipinski definition) is 4. The van der Waals surface area contributed by atoms with Crippen molar-refractivity contribution in [3.63, 3.8) is 0 Å². The van der Waals surface area contributed by atoms with Crippen LogP contribution in [0.25, 0.3) is 0 Å². The van der Waals surface area contributed by atoms with Crippen LogP contribution in [0.1, 0.15) is 26.7 Å². The summed E-state index contributed by atoms with van der Waals surface area (Å²) in [6.07, 6.45) is 1.50. The molecular formula is C16H22Cl2N2O3. The molecule has 1 aromatic carbocycles. The summed E-state index contributed by atoms with van der Waals surface area (Å²) in [6.45, 7) is 5.04. The number of hydrogen-bond donors (Lipinski definition) is 2. The molecule has 1 fully saturated rings. The minimum atomic E-state index is -0.575. The highest BCUT2D eigenvalue weighted by Gasteiger charge is 2.26. The number of nitrogens with one attached hydrogen (secondary N) is 1. The van der Waals surface area contributed by atoms with Gasteiger partial charge in [-0.05, 0) is 30.9 Å². The predicted octanol–water partition coefficient (Wildman–Crippen LogP) is 3.73. The van der Waals surface area contributed by atoms with Crippen LogP contribution in [0.15, 0.2) is 12.1 Å². The van der Waals surface area contributed by atoms with Crippen molar-refractivity contribution in [1.29, 1.82) is 0 Å². The summed E-state index contributed by atoms with van der Waals surface area (Å²) in [4.78, 5) is 12.5. The van der Waals surface area contributed by atoms with Crippen molar-refractivity contribution < 1.29 is 14.3 Å². The van der Waals surface area contributed by atoms with Crippen molar-refractivity contribution in [2.45, 2.75) is 38.9 Å². The average Bonchev–Trinajstić information content (AvgIpc) is 2.97. The van der Waals surface area contributed by atoms with Gasteiger partial charge in [-0.2, -0.15) is 0 Å². The third-order valence-corrected chi connectivity index (χ3v) is 4.32. The third kappa shape index (κ3) is 4.98. The van der Waals surface area contributed by atoms with E-state index in [1.807, 2.05) is 13.8 Å². The van der Waals surface area contributed by atoms with E-state index < -0.39 is 6.10 Å². The number of halogens is 2. The molecule has 7 heteroatoms. The molecule has 3 N–H and O–H groups in total. The maximum Gasteiger partial charge on any atom is 0.253 e. The molecule has 23 heavy (non-hydrogen) atoms. The normalized spacial score (nSPS) is 19.1. The van der Waals surface area contributed by atoms with Crippen LogP contribution in [0.4, 0.5) is 11.4 Å². The molecule has 2 rings (SSSR count). The fraction of sp³-hybridized carbons (Fsp3) is 0.562. The van der Waals surface area contributed by atoms with Crippen molar-refractivity contribution >= 4 is 40.5 Å². The van der Waals surface area contributed by atoms with Crippen LogP contribution in [-0.2, 0) is 14.3 Å². The summed E-state index contributed by atoms with van der Waals surface area (Å²) in [7, 11) is 0. The summed E-state index contributed by atoms with van der Waals surface area (Å²) >= 11 is 12.0. The number of benzene rings is 1. The van der Waals surface area contributed by atoms with Gasteiger partial charge < -0.3 is 20.5 Å². The first-order chi connectivity index (χ1) is 10.9. The molecule has 0 aromatic heterocycles. The molecule has 0 radical (unpaired) electrons. The number of carbonyl (C=O) groups excluding carboxylic acids is 1. The minimum Gasteiger partial charge on any atom is -0.396 e. The first kappa shape index (κ1) is 18.3. The standard InChI is InChI=1S/C16H22Cl2N2O3/c1-9(2)15(23-8-11-4-3-5-22-11)16(21)20-10-6-12(17)14(19)13(18)7-10/h6-7,9,11,15H,3-5,8,19H2,1-2H3,(H,20,21)/t11-,15+/m1/s1. The highest BCUT2D eigenvalue weighted by Crippen LogP contribution is 2.31. The van der Waals surface area contributed by atoms with E-state index >= 15 is 0 Å². The van der Waals surface area contributed by atoms with Gasteiger partial charge in [0.1, 0.15) is 6.10 Å². The van der Waals surface area contributed by atoms with E-state index in [2.05, 4.69) is 5.32 Å². The van der Waals surface area contributed by atoms with E-state index in [4.69, 9.17) is 38.4 Å². The lowest BCUT2D eigenvalue weighted by Gasteiger charge is -2.22. The van der Waals surface area contributed by atoms with Gasteiger partial charge in [0.2, 0.25) is 0 Å². The molecule has 0 saturated carbocycles. The summed E-state index contributed by atoms with van der Waals surface area (Å²) in [5.74, 6) is -0.217. The van der Waals surface area contributed by atoms with Gasteiger partial charge in [0.25, 0.3) is 5.91 Å². The van der Waals surface area contributed by atoms with Crippen LogP contribution in [-0.4, -0.2) is 31.3 Å². The predicted molar refractivity (Wildman–Crippen MR) is 93.1 cm³/mol. The number of ether oxygens (including phenoxy) is 2. The van der Waals surface area contributed by atoms with Crippen LogP contribution >= 0.6 is 23.2 Å². The van der Waals surface area contributed by atoms with Crippen LogP contribution in [0.5, 0.6) is 0 Å². The number of anilines is 2. The number of nitrogen functional groups attached to an aromatic ring is 1. The Morgan fingerprint density at radius 2 is 2.09 bits per heavy atom. The van der Waals surface area contributed by atoms with Crippen LogP contribution < -0.4 is 11.1 Å². The number of rotatable bonds is 6. The van der Waals surface area contributed by atoms with E-state index in [1.165, 1.54) is 0 Å². The van der Waals surface area contributed by atoms with Crippen LogP contribution in [0.3, 0.4) is 0 Å². The molecule has 5 nitrogen and oxygen atoms in total. The zero-order valence-corrected chi connectivity index (χ0v) is 14.8. The molecule has 1 amide bonds. The van der Waals surface area contributed by atoms with Gasteiger partial charge in [0, 0.05) is 12.3 Å². The molecule has 2 atom stereocenters. The number of amides is 1. The van der Waals surface area contributed by atoms with Gasteiger partial charge in [0.05, 0.1) is 28.4 Å². The largest absolute Gasteiger partial charge is 0.396 e. The second kappa shape index (κ2) is 8.20. The van der Waals surface area contributed by atoms with Gasteiger partial charge in [-0.1, -0.05) is 37.0 Å². The Hall–Kier alpha value is -1.01. The van der Waals surface area contributed by atoms with E-state index in [1.54, 1.807) is 12.1 Å². The van der Waals surface area contributed by atoms with E-state index in [-0.39, 0.29) is 17.9 Å². The lowest BCUT2D eigenvalue weighted by atomic mass is 10.1. The van der Waals surface area contributed by atoms with E-state index in [0.29, 0.717) is 28.0 Å². The maximum atomic E-state index is 12.5. The summed E-state index contributed by atoms with van der Waals surface area (Å²) < 4.78 is 11.3. The molecule has 1 heterocycles. The minimum absolute atomic E-state index is 0.0242. The molecular weight excluding hydrogens is 339 g/mol. The number of nitrogens with two attached hydrogens (primary N) is 1. The Morgan fingerprint density at radius 3 is 2.61 bits per heavy atom. The Kier molecular flexibility index (Phi) is 6.53. The van der Waals surface area contributed by atoms with E-state index in [9.17, 15) is 4.79 Å². The molecule has 0 unspecified atom stereocenters. The fourth-order valence-electron chi connectivity index (χ4n) is 2.43. The van der Waals surface area contributed by atoms with Crippen LogP contribution in [0.2, 0.25) is 10.0 Å². The van der Waals surface area contributed by atoms with E-state index in [0.717, 1.165) is 19.4 Å². The zero-order chi connectivity index (χ0) is 17.0. The fourth-order valence-corrected chi connectivity index (χ4v) is 2.91. The van der Waals surface area contributed by atoms with Crippen LogP contribution in [0, 0.1) is 5.92 Å². The summed E-state index contributed by atoms with van der Waals surface area (Å²) in [6, 6.07) is 3.14. The van der Waals surface area contributed by atoms with Crippen molar-refractivity contribution in [3.8, 4) is 0 Å². The highest BCUT2D eigenvalue weighted by atomic mass is 35.5. The van der Waals surface area contributed by atoms with Crippen molar-refractivity contribution in [2.24, 2.45) is 5.92 Å². The molecule has 1 aromatic rings. The lowest BCUT2D eigenvalue weighted by Crippen LogP contribution is -2.36. The van der Waals surface area contributed by atoms with Gasteiger partial charge in [0.15, 0.2) is 0 Å². The smallest absolute Gasteiger partial charge is 0.253 e. The SMILES string of the molecule is CC(C)[C@H](OC[C@H]1CCCO1)C(=O)Nc1cc(Cl)c(N)c(Cl)c1. The van der Waals surface area contributed by atoms with Crippen molar-refractivity contribution in [1.82, 2.24) is 0 Å². The lowest BCUT2D eigenvalue weighted by molar-refractivity contribution is -0.132. The molecule has 0 spiro atoms. The first-order valence-electron chi connectivity index (χ1n) is 7.67. The quantitative estimate of drug-likeness (QED) is 0.757. The maximum absolute atomic E-state index is 12.5. The topological polar surface area (TPSA) is 73.6 Å². The molecule has 0 aliphatic carbocycles. The molecule has 1 aliphatic heterocycles. The van der Waals surface area contributed by atoms with Crippen molar-refractivity contribution in [2.75, 3.05) is 24.3 Å². The van der Waals surface area contributed by atoms with Crippen molar-refractivity contribution in [3.05, 3.63) is 22.2 Å². The molecule has 1 saturated heterocycles. The zero-order valence-electron chi connectivity index (χ0n) is 13.3. The Balaban J connectivity index is 2.00. The first-order valence-corrected chi connectivity index (χ1v) is 8.42. The highest BCUT2D eigenvalue weighted by molar-refractivity contribution is 6.39. The second-order valence-electron chi connectivity index (χ2n) is 5.98. The third-order valence-electron chi connectivity index (χ3n) is 3.70. The molecule has 1 aliphatic rings. The summed E-state index contributed by atoms with van der Waals surface area (Å²) in [5.41, 5.74) is 6.48. The average molecular weight is 361 g/mol. The Bertz CT molecular complexity index is 537. The van der Waals surface area contributed by atoms with Gasteiger partial charge in [-0.3, -0.25) is 4.79 Å². The van der Waals surface area contributed by atoms with Gasteiger partial charge in [-0.15, -0.1) is 0 Å². The molecule has 128 valence electrons. The monoisotopic (exact) mass is 360 g/mol. The Labute approximate surface area is 146 Å². The summed E-state index contributed by atoms with van der Waals surface area (Å²) in [5, 5.41) is 3.38. The Morgan fingerprint density at radius 1 is 1.43 bits per heavy atom. The van der Waals surface area contributed by atoms with Gasteiger partial charge in [-0.25, -0.2) is 0 Å². The number of carbonyl (C=O) groups is 1. The van der Waals surface area contributed by atoms with Gasteiger partial charge >= 0.3 is 0 Å². The molecule has 0 bridgehead atoms. The second-order valence-corrected chi connectivity index (χ2v) is 6.79.